The first kappa shape index (κ1) is 24.0. The van der Waals surface area contributed by atoms with Gasteiger partial charge >= 0.3 is 0 Å². The maximum atomic E-state index is 13.1. The van der Waals surface area contributed by atoms with Crippen LogP contribution >= 0.6 is 11.8 Å². The number of amides is 2. The Bertz CT molecular complexity index is 1350. The highest BCUT2D eigenvalue weighted by molar-refractivity contribution is 8.15. The first-order chi connectivity index (χ1) is 16.9. The van der Waals surface area contributed by atoms with Gasteiger partial charge in [0.15, 0.2) is 5.17 Å². The van der Waals surface area contributed by atoms with Gasteiger partial charge in [-0.1, -0.05) is 54.2 Å². The fraction of sp³-hybridized carbons (Fsp3) is 0.160. The smallest absolute Gasteiger partial charge is 0.273 e. The van der Waals surface area contributed by atoms with E-state index in [-0.39, 0.29) is 36.0 Å². The van der Waals surface area contributed by atoms with Gasteiger partial charge < -0.3 is 10.1 Å². The molecule has 1 saturated heterocycles. The third-order valence-electron chi connectivity index (χ3n) is 5.36. The molecule has 1 fully saturated rings. The zero-order valence-corrected chi connectivity index (χ0v) is 19.7. The molecule has 1 heterocycles. The molecular weight excluding hydrogens is 468 g/mol. The number of ether oxygens (including phenoxy) is 1. The number of methoxy groups -OCH3 is 1. The highest BCUT2D eigenvalue weighted by atomic mass is 32.2. The minimum absolute atomic E-state index is 0.105. The maximum Gasteiger partial charge on any atom is 0.273 e. The Morgan fingerprint density at radius 1 is 1.26 bits per heavy atom. The van der Waals surface area contributed by atoms with Crippen molar-refractivity contribution >= 4 is 56.6 Å². The first-order valence-corrected chi connectivity index (χ1v) is 11.6. The maximum absolute atomic E-state index is 13.1. The van der Waals surface area contributed by atoms with Gasteiger partial charge in [-0.2, -0.15) is 0 Å². The number of aliphatic imine (C=N–C) groups is 1. The number of amidine groups is 1. The number of carbonyl (C=O) groups is 2. The van der Waals surface area contributed by atoms with Gasteiger partial charge in [-0.25, -0.2) is 4.99 Å². The Morgan fingerprint density at radius 3 is 2.77 bits per heavy atom. The van der Waals surface area contributed by atoms with E-state index in [9.17, 15) is 19.7 Å². The number of benzene rings is 3. The second kappa shape index (κ2) is 10.4. The number of carbonyl (C=O) groups excluding carboxylic acids is 2. The van der Waals surface area contributed by atoms with Gasteiger partial charge in [0.2, 0.25) is 11.8 Å². The fourth-order valence-corrected chi connectivity index (χ4v) is 4.86. The van der Waals surface area contributed by atoms with E-state index in [1.54, 1.807) is 6.08 Å². The van der Waals surface area contributed by atoms with E-state index in [2.05, 4.69) is 11.9 Å². The summed E-state index contributed by atoms with van der Waals surface area (Å²) in [5.74, 6) is -0.503. The van der Waals surface area contributed by atoms with Crippen LogP contribution in [0, 0.1) is 10.1 Å². The molecule has 1 unspecified atom stereocenters. The van der Waals surface area contributed by atoms with Gasteiger partial charge in [0.1, 0.15) is 11.0 Å². The number of non-ortho nitro benzene ring substituents is 1. The fourth-order valence-electron chi connectivity index (χ4n) is 3.70. The Morgan fingerprint density at radius 2 is 2.03 bits per heavy atom. The number of nitro benzene ring substituents is 1. The standard InChI is InChI=1S/C25H22N4O5S/c1-3-13-28-24(31)22(15-23(30)26-20-12-11-17(29(32)33)14-21(20)34-2)35-25(28)27-19-10-6-8-16-7-4-5-9-18(16)19/h3-12,14,22H,1,13,15H2,2H3,(H,26,30). The molecule has 0 spiro atoms. The molecule has 1 N–H and O–H groups in total. The summed E-state index contributed by atoms with van der Waals surface area (Å²) >= 11 is 1.22. The number of nitro groups is 1. The van der Waals surface area contributed by atoms with Crippen LogP contribution in [-0.2, 0) is 9.59 Å². The predicted octanol–water partition coefficient (Wildman–Crippen LogP) is 4.90. The van der Waals surface area contributed by atoms with Crippen molar-refractivity contribution in [2.75, 3.05) is 19.0 Å². The molecule has 10 heteroatoms. The Kier molecular flexibility index (Phi) is 7.11. The van der Waals surface area contributed by atoms with Crippen molar-refractivity contribution < 1.29 is 19.2 Å². The van der Waals surface area contributed by atoms with Crippen LogP contribution in [0.2, 0.25) is 0 Å². The highest BCUT2D eigenvalue weighted by Gasteiger charge is 2.38. The minimum Gasteiger partial charge on any atom is -0.494 e. The third-order valence-corrected chi connectivity index (χ3v) is 6.53. The molecule has 0 saturated carbocycles. The molecule has 3 aromatic rings. The summed E-state index contributed by atoms with van der Waals surface area (Å²) in [6.45, 7) is 4.00. The van der Waals surface area contributed by atoms with Gasteiger partial charge in [0, 0.05) is 24.4 Å². The number of anilines is 1. The summed E-state index contributed by atoms with van der Waals surface area (Å²) in [7, 11) is 1.36. The van der Waals surface area contributed by atoms with E-state index in [4.69, 9.17) is 9.73 Å². The van der Waals surface area contributed by atoms with Crippen molar-refractivity contribution in [3.63, 3.8) is 0 Å². The average molecular weight is 491 g/mol. The van der Waals surface area contributed by atoms with Crippen LogP contribution in [0.4, 0.5) is 17.1 Å². The Labute approximate surface area is 205 Å². The Balaban J connectivity index is 1.55. The quantitative estimate of drug-likeness (QED) is 0.273. The molecule has 35 heavy (non-hydrogen) atoms. The zero-order valence-electron chi connectivity index (χ0n) is 18.8. The second-order valence-corrected chi connectivity index (χ2v) is 8.80. The van der Waals surface area contributed by atoms with Crippen LogP contribution in [-0.4, -0.2) is 45.7 Å². The number of hydrogen-bond acceptors (Lipinski definition) is 7. The topological polar surface area (TPSA) is 114 Å². The van der Waals surface area contributed by atoms with Crippen LogP contribution in [0.15, 0.2) is 78.3 Å². The number of thioether (sulfide) groups is 1. The van der Waals surface area contributed by atoms with E-state index in [1.807, 2.05) is 42.5 Å². The van der Waals surface area contributed by atoms with Crippen molar-refractivity contribution in [2.45, 2.75) is 11.7 Å². The molecule has 9 nitrogen and oxygen atoms in total. The van der Waals surface area contributed by atoms with Gasteiger partial charge in [0.25, 0.3) is 5.69 Å². The number of hydrogen-bond donors (Lipinski definition) is 1. The van der Waals surface area contributed by atoms with Crippen molar-refractivity contribution in [1.29, 1.82) is 0 Å². The van der Waals surface area contributed by atoms with E-state index < -0.39 is 16.1 Å². The summed E-state index contributed by atoms with van der Waals surface area (Å²) in [5.41, 5.74) is 0.857. The molecule has 1 aliphatic rings. The summed E-state index contributed by atoms with van der Waals surface area (Å²) in [6.07, 6.45) is 1.51. The zero-order chi connectivity index (χ0) is 24.9. The lowest BCUT2D eigenvalue weighted by Crippen LogP contribution is -2.33. The monoisotopic (exact) mass is 490 g/mol. The second-order valence-electron chi connectivity index (χ2n) is 7.63. The van der Waals surface area contributed by atoms with E-state index in [0.29, 0.717) is 5.17 Å². The van der Waals surface area contributed by atoms with Crippen molar-refractivity contribution in [1.82, 2.24) is 4.90 Å². The molecule has 0 aliphatic carbocycles. The number of nitrogens with one attached hydrogen (secondary N) is 1. The molecule has 2 amide bonds. The van der Waals surface area contributed by atoms with Crippen molar-refractivity contribution in [2.24, 2.45) is 4.99 Å². The Hall–Kier alpha value is -4.18. The molecule has 3 aromatic carbocycles. The molecule has 1 atom stereocenters. The van der Waals surface area contributed by atoms with E-state index in [0.717, 1.165) is 16.5 Å². The van der Waals surface area contributed by atoms with Crippen LogP contribution in [0.1, 0.15) is 6.42 Å². The minimum atomic E-state index is -0.673. The third kappa shape index (κ3) is 5.17. The summed E-state index contributed by atoms with van der Waals surface area (Å²) in [6, 6.07) is 17.5. The van der Waals surface area contributed by atoms with Crippen molar-refractivity contribution in [3.8, 4) is 5.75 Å². The number of nitrogens with zero attached hydrogens (tertiary/aromatic N) is 3. The molecule has 4 rings (SSSR count). The normalized spacial score (nSPS) is 16.5. The molecule has 1 aliphatic heterocycles. The van der Waals surface area contributed by atoms with Gasteiger partial charge in [-0.05, 0) is 17.5 Å². The summed E-state index contributed by atoms with van der Waals surface area (Å²) in [4.78, 5) is 42.6. The number of fused-ring (bicyclic) bond motifs is 1. The van der Waals surface area contributed by atoms with Gasteiger partial charge in [-0.15, -0.1) is 6.58 Å². The number of rotatable bonds is 8. The average Bonchev–Trinajstić information content (AvgIpc) is 3.13. The van der Waals surface area contributed by atoms with Crippen LogP contribution in [0.5, 0.6) is 5.75 Å². The van der Waals surface area contributed by atoms with Gasteiger partial charge in [-0.3, -0.25) is 24.6 Å². The van der Waals surface area contributed by atoms with Gasteiger partial charge in [0.05, 0.1) is 29.5 Å². The lowest BCUT2D eigenvalue weighted by molar-refractivity contribution is -0.384. The molecule has 0 radical (unpaired) electrons. The first-order valence-electron chi connectivity index (χ1n) is 10.7. The van der Waals surface area contributed by atoms with E-state index in [1.165, 1.54) is 42.0 Å². The van der Waals surface area contributed by atoms with Crippen LogP contribution < -0.4 is 10.1 Å². The lowest BCUT2D eigenvalue weighted by Gasteiger charge is -2.14. The lowest BCUT2D eigenvalue weighted by atomic mass is 10.1. The summed E-state index contributed by atoms with van der Waals surface area (Å²) in [5, 5.41) is 15.5. The predicted molar refractivity (Wildman–Crippen MR) is 137 cm³/mol. The molecule has 0 bridgehead atoms. The molecule has 0 aromatic heterocycles. The van der Waals surface area contributed by atoms with Crippen LogP contribution in [0.25, 0.3) is 10.8 Å². The molecular formula is C25H22N4O5S. The summed E-state index contributed by atoms with van der Waals surface area (Å²) < 4.78 is 5.17. The van der Waals surface area contributed by atoms with Crippen molar-refractivity contribution in [3.05, 3.63) is 83.4 Å². The highest BCUT2D eigenvalue weighted by Crippen LogP contribution is 2.35. The van der Waals surface area contributed by atoms with Crippen LogP contribution in [0.3, 0.4) is 0 Å². The SMILES string of the molecule is C=CCN1C(=O)C(CC(=O)Nc2ccc([N+](=O)[O-])cc2OC)SC1=Nc1cccc2ccccc12. The molecule has 178 valence electrons. The largest absolute Gasteiger partial charge is 0.494 e. The van der Waals surface area contributed by atoms with E-state index >= 15 is 0 Å².